The molecule has 1 atom stereocenters. The van der Waals surface area contributed by atoms with Crippen molar-refractivity contribution in [2.24, 2.45) is 0 Å². The number of aromatic nitrogens is 2. The van der Waals surface area contributed by atoms with Gasteiger partial charge >= 0.3 is 0 Å². The van der Waals surface area contributed by atoms with Crippen molar-refractivity contribution in [2.75, 3.05) is 6.54 Å². The Hall–Kier alpha value is -3.36. The predicted octanol–water partition coefficient (Wildman–Crippen LogP) is 6.23. The van der Waals surface area contributed by atoms with Gasteiger partial charge < -0.3 is 14.7 Å². The summed E-state index contributed by atoms with van der Waals surface area (Å²) in [6, 6.07) is 20.4. The number of hydrogen-bond donors (Lipinski definition) is 1. The van der Waals surface area contributed by atoms with Crippen molar-refractivity contribution in [1.29, 1.82) is 0 Å². The monoisotopic (exact) mass is 490 g/mol. The van der Waals surface area contributed by atoms with Crippen LogP contribution in [-0.2, 0) is 6.42 Å². The summed E-state index contributed by atoms with van der Waals surface area (Å²) < 4.78 is 19.4. The molecule has 0 radical (unpaired) electrons. The van der Waals surface area contributed by atoms with Crippen LogP contribution in [0, 0.1) is 5.82 Å². The van der Waals surface area contributed by atoms with Crippen LogP contribution in [0.1, 0.15) is 36.4 Å². The van der Waals surface area contributed by atoms with Crippen LogP contribution in [0.5, 0.6) is 0 Å². The second-order valence-electron chi connectivity index (χ2n) is 8.07. The van der Waals surface area contributed by atoms with Gasteiger partial charge in [0.2, 0.25) is 5.82 Å². The molecule has 4 aromatic rings. The molecule has 0 aliphatic carbocycles. The molecule has 0 fully saturated rings. The van der Waals surface area contributed by atoms with Crippen molar-refractivity contribution in [2.45, 2.75) is 25.8 Å². The molecule has 8 heteroatoms. The molecule has 0 saturated carbocycles. The number of hydrogen-bond acceptors (Lipinski definition) is 5. The zero-order chi connectivity index (χ0) is 23.5. The van der Waals surface area contributed by atoms with Crippen molar-refractivity contribution in [3.05, 3.63) is 101 Å². The minimum absolute atomic E-state index is 0.287. The summed E-state index contributed by atoms with van der Waals surface area (Å²) in [5.41, 5.74) is 3.96. The molecule has 1 aliphatic heterocycles. The van der Waals surface area contributed by atoms with Gasteiger partial charge in [-0.2, -0.15) is 4.98 Å². The molecule has 0 bridgehead atoms. The minimum Gasteiger partial charge on any atom is -0.351 e. The van der Waals surface area contributed by atoms with Gasteiger partial charge in [0.1, 0.15) is 5.82 Å². The quantitative estimate of drug-likeness (QED) is 0.310. The summed E-state index contributed by atoms with van der Waals surface area (Å²) in [7, 11) is 0. The number of rotatable bonds is 7. The van der Waals surface area contributed by atoms with Crippen LogP contribution in [0.25, 0.3) is 16.3 Å². The third kappa shape index (κ3) is 4.64. The second kappa shape index (κ2) is 9.87. The predicted molar refractivity (Wildman–Crippen MR) is 137 cm³/mol. The lowest BCUT2D eigenvalue weighted by Gasteiger charge is -2.37. The first kappa shape index (κ1) is 22.4. The normalized spacial score (nSPS) is 16.1. The van der Waals surface area contributed by atoms with E-state index in [2.05, 4.69) is 39.6 Å². The van der Waals surface area contributed by atoms with Crippen LogP contribution >= 0.6 is 23.6 Å². The number of thiophene rings is 1. The van der Waals surface area contributed by atoms with Crippen LogP contribution < -0.4 is 5.32 Å². The van der Waals surface area contributed by atoms with E-state index in [0.717, 1.165) is 41.1 Å². The Labute approximate surface area is 206 Å². The highest BCUT2D eigenvalue weighted by Gasteiger charge is 2.34. The summed E-state index contributed by atoms with van der Waals surface area (Å²) in [6.45, 7) is 2.77. The molecular weight excluding hydrogens is 467 g/mol. The summed E-state index contributed by atoms with van der Waals surface area (Å²) in [4.78, 5) is 7.72. The first-order valence-corrected chi connectivity index (χ1v) is 12.3. The standard InChI is InChI=1S/C26H23FN4OS2/c1-17-22(25-29-24(30-32-25)21-10-6-16-34-21)23(19-11-13-20(27)14-12-19)28-26(33)31(17)15-5-9-18-7-3-2-4-8-18/h2-4,6-8,10-14,16,23H,5,9,15H2,1H3,(H,28,33). The van der Waals surface area contributed by atoms with E-state index in [1.165, 1.54) is 17.7 Å². The number of allylic oxidation sites excluding steroid dienone is 1. The van der Waals surface area contributed by atoms with E-state index < -0.39 is 0 Å². The van der Waals surface area contributed by atoms with E-state index in [1.54, 1.807) is 23.5 Å². The van der Waals surface area contributed by atoms with E-state index in [1.807, 2.05) is 30.5 Å². The molecule has 0 saturated heterocycles. The molecule has 1 N–H and O–H groups in total. The Morgan fingerprint density at radius 1 is 1.09 bits per heavy atom. The van der Waals surface area contributed by atoms with Gasteiger partial charge in [0.15, 0.2) is 5.11 Å². The van der Waals surface area contributed by atoms with Crippen LogP contribution in [0.15, 0.2) is 82.3 Å². The van der Waals surface area contributed by atoms with E-state index in [9.17, 15) is 4.39 Å². The van der Waals surface area contributed by atoms with Gasteiger partial charge in [-0.15, -0.1) is 11.3 Å². The average molecular weight is 491 g/mol. The van der Waals surface area contributed by atoms with E-state index in [-0.39, 0.29) is 11.9 Å². The summed E-state index contributed by atoms with van der Waals surface area (Å²) >= 11 is 7.31. The largest absolute Gasteiger partial charge is 0.351 e. The van der Waals surface area contributed by atoms with Gasteiger partial charge in [-0.05, 0) is 66.7 Å². The third-order valence-electron chi connectivity index (χ3n) is 5.89. The highest BCUT2D eigenvalue weighted by Crippen LogP contribution is 2.37. The fourth-order valence-corrected chi connectivity index (χ4v) is 5.15. The van der Waals surface area contributed by atoms with Gasteiger partial charge in [-0.3, -0.25) is 0 Å². The first-order valence-electron chi connectivity index (χ1n) is 11.1. The van der Waals surface area contributed by atoms with Crippen molar-refractivity contribution in [3.63, 3.8) is 0 Å². The first-order chi connectivity index (χ1) is 16.6. The number of benzene rings is 2. The van der Waals surface area contributed by atoms with Crippen LogP contribution in [0.2, 0.25) is 0 Å². The zero-order valence-electron chi connectivity index (χ0n) is 18.6. The smallest absolute Gasteiger partial charge is 0.258 e. The Morgan fingerprint density at radius 3 is 2.62 bits per heavy atom. The Balaban J connectivity index is 1.48. The molecule has 1 unspecified atom stereocenters. The van der Waals surface area contributed by atoms with Crippen molar-refractivity contribution < 1.29 is 8.91 Å². The summed E-state index contributed by atoms with van der Waals surface area (Å²) in [5, 5.41) is 10.2. The SMILES string of the molecule is CC1=C(c2nc(-c3cccs3)no2)C(c2ccc(F)cc2)NC(=S)N1CCCc1ccccc1. The molecule has 0 spiro atoms. The topological polar surface area (TPSA) is 54.2 Å². The number of nitrogens with one attached hydrogen (secondary N) is 1. The lowest BCUT2D eigenvalue weighted by atomic mass is 9.94. The maximum absolute atomic E-state index is 13.6. The van der Waals surface area contributed by atoms with Crippen LogP contribution in [0.3, 0.4) is 0 Å². The Bertz CT molecular complexity index is 1300. The van der Waals surface area contributed by atoms with E-state index >= 15 is 0 Å². The van der Waals surface area contributed by atoms with Gasteiger partial charge in [0.05, 0.1) is 16.5 Å². The molecular formula is C26H23FN4OS2. The number of halogens is 1. The maximum Gasteiger partial charge on any atom is 0.258 e. The van der Waals surface area contributed by atoms with E-state index in [0.29, 0.717) is 16.8 Å². The third-order valence-corrected chi connectivity index (χ3v) is 7.09. The number of nitrogens with zero attached hydrogens (tertiary/aromatic N) is 3. The lowest BCUT2D eigenvalue weighted by Crippen LogP contribution is -2.46. The Kier molecular flexibility index (Phi) is 6.51. The molecule has 34 heavy (non-hydrogen) atoms. The fraction of sp³-hybridized carbons (Fsp3) is 0.192. The van der Waals surface area contributed by atoms with Crippen molar-refractivity contribution in [1.82, 2.24) is 20.4 Å². The zero-order valence-corrected chi connectivity index (χ0v) is 20.2. The Morgan fingerprint density at radius 2 is 1.88 bits per heavy atom. The fourth-order valence-electron chi connectivity index (χ4n) is 4.16. The van der Waals surface area contributed by atoms with Crippen LogP contribution in [0.4, 0.5) is 4.39 Å². The minimum atomic E-state index is -0.324. The van der Waals surface area contributed by atoms with Crippen LogP contribution in [-0.4, -0.2) is 26.7 Å². The lowest BCUT2D eigenvalue weighted by molar-refractivity contribution is 0.396. The molecule has 3 heterocycles. The summed E-state index contributed by atoms with van der Waals surface area (Å²) in [6.07, 6.45) is 1.88. The molecule has 1 aliphatic rings. The van der Waals surface area contributed by atoms with Gasteiger partial charge in [0, 0.05) is 12.2 Å². The van der Waals surface area contributed by atoms with Crippen molar-refractivity contribution in [3.8, 4) is 10.7 Å². The molecule has 2 aromatic heterocycles. The van der Waals surface area contributed by atoms with Gasteiger partial charge in [-0.1, -0.05) is 53.7 Å². The van der Waals surface area contributed by atoms with E-state index in [4.69, 9.17) is 21.7 Å². The number of aryl methyl sites for hydroxylation is 1. The van der Waals surface area contributed by atoms with Crippen molar-refractivity contribution >= 4 is 34.2 Å². The maximum atomic E-state index is 13.6. The second-order valence-corrected chi connectivity index (χ2v) is 9.41. The molecule has 5 nitrogen and oxygen atoms in total. The van der Waals surface area contributed by atoms with Gasteiger partial charge in [0.25, 0.3) is 5.89 Å². The molecule has 172 valence electrons. The summed E-state index contributed by atoms with van der Waals surface area (Å²) in [5.74, 6) is 0.690. The highest BCUT2D eigenvalue weighted by molar-refractivity contribution is 7.80. The van der Waals surface area contributed by atoms with Gasteiger partial charge in [-0.25, -0.2) is 4.39 Å². The number of thiocarbonyl (C=S) groups is 1. The molecule has 5 rings (SSSR count). The highest BCUT2D eigenvalue weighted by atomic mass is 32.1. The average Bonchev–Trinajstić information content (AvgIpc) is 3.54. The molecule has 0 amide bonds. The molecule has 2 aromatic carbocycles.